The lowest BCUT2D eigenvalue weighted by atomic mass is 9.72. The van der Waals surface area contributed by atoms with Gasteiger partial charge in [-0.15, -0.1) is 0 Å². The lowest BCUT2D eigenvalue weighted by Crippen LogP contribution is -2.69. The van der Waals surface area contributed by atoms with Crippen LogP contribution >= 0.6 is 0 Å². The van der Waals surface area contributed by atoms with Crippen molar-refractivity contribution in [3.8, 4) is 0 Å². The van der Waals surface area contributed by atoms with Gasteiger partial charge in [-0.05, 0) is 39.3 Å². The van der Waals surface area contributed by atoms with E-state index in [1.54, 1.807) is 7.05 Å². The van der Waals surface area contributed by atoms with Gasteiger partial charge in [0.25, 0.3) is 5.91 Å². The van der Waals surface area contributed by atoms with Gasteiger partial charge in [-0.3, -0.25) is 9.79 Å². The number of carbonyl (C=O) groups is 1. The molecule has 0 spiro atoms. The standard InChI is InChI=1S/C27H50N8O9/c1-26(40)11-42-23(19(38)22(26)32-2)44-21-16(35-24(39)27(41)8-12(27)9-34-25(30)31)7-15(29)17(18(21)37)20-14(28)4-3-13(43-20)10-33-5-6-36/h3,12,14-23,32-33,36-38,40-41H,4-11,28-29H2,1-2H3,(H,35,39)(H4,30,31,34). The number of amides is 1. The predicted molar refractivity (Wildman–Crippen MR) is 157 cm³/mol. The first-order valence-corrected chi connectivity index (χ1v) is 15.0. The molecule has 0 aromatic rings. The molecule has 2 heterocycles. The minimum atomic E-state index is -1.72. The monoisotopic (exact) mass is 630 g/mol. The van der Waals surface area contributed by atoms with Crippen LogP contribution in [-0.2, 0) is 19.0 Å². The highest BCUT2D eigenvalue weighted by atomic mass is 16.7. The third-order valence-corrected chi connectivity index (χ3v) is 9.15. The summed E-state index contributed by atoms with van der Waals surface area (Å²) in [6.07, 6.45) is -3.36. The van der Waals surface area contributed by atoms with Crippen molar-refractivity contribution in [3.05, 3.63) is 11.8 Å². The fourth-order valence-corrected chi connectivity index (χ4v) is 6.57. The summed E-state index contributed by atoms with van der Waals surface area (Å²) in [5.41, 5.74) is 20.7. The molecule has 1 amide bonds. The number of nitrogens with two attached hydrogens (primary N) is 4. The molecule has 252 valence electrons. The molecular weight excluding hydrogens is 580 g/mol. The summed E-state index contributed by atoms with van der Waals surface area (Å²) < 4.78 is 18.1. The average Bonchev–Trinajstić information content (AvgIpc) is 3.63. The Morgan fingerprint density at radius 3 is 2.59 bits per heavy atom. The van der Waals surface area contributed by atoms with E-state index in [1.807, 2.05) is 6.08 Å². The van der Waals surface area contributed by atoms with Crippen LogP contribution < -0.4 is 38.9 Å². The maximum Gasteiger partial charge on any atom is 0.252 e. The number of nitrogens with zero attached hydrogens (tertiary/aromatic N) is 1. The van der Waals surface area contributed by atoms with Crippen LogP contribution in [-0.4, -0.2) is 143 Å². The summed E-state index contributed by atoms with van der Waals surface area (Å²) in [5, 5.41) is 62.4. The van der Waals surface area contributed by atoms with Gasteiger partial charge in [-0.2, -0.15) is 0 Å². The molecule has 16 N–H and O–H groups in total. The normalized spacial score (nSPS) is 43.8. The van der Waals surface area contributed by atoms with Gasteiger partial charge in [0.1, 0.15) is 35.3 Å². The van der Waals surface area contributed by atoms with Gasteiger partial charge in [-0.25, -0.2) is 0 Å². The highest BCUT2D eigenvalue weighted by molar-refractivity contribution is 5.89. The number of hydrogen-bond acceptors (Lipinski definition) is 14. The van der Waals surface area contributed by atoms with Crippen molar-refractivity contribution in [2.24, 2.45) is 39.8 Å². The Kier molecular flexibility index (Phi) is 11.1. The first-order chi connectivity index (χ1) is 20.7. The molecule has 4 rings (SSSR count). The second kappa shape index (κ2) is 14.1. The Balaban J connectivity index is 1.56. The third-order valence-electron chi connectivity index (χ3n) is 9.15. The number of ether oxygens (including phenoxy) is 3. The van der Waals surface area contributed by atoms with Gasteiger partial charge in [0.2, 0.25) is 0 Å². The Bertz CT molecular complexity index is 1060. The Morgan fingerprint density at radius 2 is 1.93 bits per heavy atom. The molecule has 0 bridgehead atoms. The summed E-state index contributed by atoms with van der Waals surface area (Å²) in [4.78, 5) is 17.2. The summed E-state index contributed by atoms with van der Waals surface area (Å²) in [6, 6.07) is -2.97. The molecule has 3 fully saturated rings. The van der Waals surface area contributed by atoms with E-state index in [4.69, 9.17) is 42.3 Å². The van der Waals surface area contributed by atoms with Crippen LogP contribution in [0.1, 0.15) is 26.2 Å². The number of aliphatic imine (C=N–C) groups is 1. The van der Waals surface area contributed by atoms with Gasteiger partial charge in [0, 0.05) is 37.0 Å². The topological polar surface area (TPSA) is 298 Å². The lowest BCUT2D eigenvalue weighted by Gasteiger charge is -2.50. The lowest BCUT2D eigenvalue weighted by molar-refractivity contribution is -0.297. The van der Waals surface area contributed by atoms with Gasteiger partial charge < -0.3 is 78.6 Å². The first-order valence-electron chi connectivity index (χ1n) is 15.0. The molecule has 44 heavy (non-hydrogen) atoms. The van der Waals surface area contributed by atoms with E-state index >= 15 is 0 Å². The van der Waals surface area contributed by atoms with Crippen molar-refractivity contribution in [2.75, 3.05) is 39.9 Å². The number of aliphatic hydroxyl groups is 5. The highest BCUT2D eigenvalue weighted by Crippen LogP contribution is 2.44. The largest absolute Gasteiger partial charge is 0.492 e. The van der Waals surface area contributed by atoms with Crippen LogP contribution in [0, 0.1) is 11.8 Å². The number of carbonyl (C=O) groups excluding carboxylic acids is 1. The van der Waals surface area contributed by atoms with Crippen LogP contribution in [0.5, 0.6) is 0 Å². The van der Waals surface area contributed by atoms with E-state index in [0.717, 1.165) is 0 Å². The van der Waals surface area contributed by atoms with Crippen molar-refractivity contribution >= 4 is 11.9 Å². The van der Waals surface area contributed by atoms with Crippen LogP contribution in [0.2, 0.25) is 0 Å². The number of rotatable bonds is 12. The first kappa shape index (κ1) is 34.7. The zero-order valence-electron chi connectivity index (χ0n) is 25.2. The number of guanidine groups is 1. The highest BCUT2D eigenvalue weighted by Gasteiger charge is 2.60. The summed E-state index contributed by atoms with van der Waals surface area (Å²) >= 11 is 0. The molecule has 0 aromatic heterocycles. The van der Waals surface area contributed by atoms with Crippen molar-refractivity contribution in [1.82, 2.24) is 16.0 Å². The van der Waals surface area contributed by atoms with Crippen LogP contribution in [0.25, 0.3) is 0 Å². The van der Waals surface area contributed by atoms with Gasteiger partial charge in [-0.1, -0.05) is 0 Å². The molecule has 17 heteroatoms. The van der Waals surface area contributed by atoms with Crippen molar-refractivity contribution < 1.29 is 44.5 Å². The molecule has 0 radical (unpaired) electrons. The molecule has 4 aliphatic rings. The smallest absolute Gasteiger partial charge is 0.252 e. The summed E-state index contributed by atoms with van der Waals surface area (Å²) in [7, 11) is 1.58. The van der Waals surface area contributed by atoms with Gasteiger partial charge in [0.05, 0.1) is 37.9 Å². The van der Waals surface area contributed by atoms with E-state index in [9.17, 15) is 25.2 Å². The van der Waals surface area contributed by atoms with Crippen molar-refractivity contribution in [1.29, 1.82) is 0 Å². The fraction of sp³-hybridized carbons (Fsp3) is 0.852. The molecule has 13 atom stereocenters. The molecule has 2 aliphatic carbocycles. The molecule has 13 unspecified atom stereocenters. The van der Waals surface area contributed by atoms with E-state index in [2.05, 4.69) is 20.9 Å². The second-order valence-corrected chi connectivity index (χ2v) is 12.6. The Morgan fingerprint density at radius 1 is 1.20 bits per heavy atom. The maximum absolute atomic E-state index is 13.3. The molecule has 1 saturated heterocycles. The Hall–Kier alpha value is -2.16. The van der Waals surface area contributed by atoms with Crippen molar-refractivity contribution in [2.45, 2.75) is 92.3 Å². The van der Waals surface area contributed by atoms with Crippen molar-refractivity contribution in [3.63, 3.8) is 0 Å². The third kappa shape index (κ3) is 7.45. The molecule has 17 nitrogen and oxygen atoms in total. The molecule has 2 aliphatic heterocycles. The SMILES string of the molecule is CNC1C(O)C(OC2C(NC(=O)C3(O)CC3CN=C(N)N)CC(N)C(C3OC(CNCCO)=CCC3N)C2O)OCC1(C)O. The quantitative estimate of drug-likeness (QED) is 0.0543. The van der Waals surface area contributed by atoms with Gasteiger partial charge in [0.15, 0.2) is 12.2 Å². The summed E-state index contributed by atoms with van der Waals surface area (Å²) in [5.74, 6) is -1.52. The van der Waals surface area contributed by atoms with Crippen LogP contribution in [0.15, 0.2) is 16.8 Å². The maximum atomic E-state index is 13.3. The van der Waals surface area contributed by atoms with Gasteiger partial charge >= 0.3 is 0 Å². The number of hydrogen-bond donors (Lipinski definition) is 12. The number of nitrogens with one attached hydrogen (secondary N) is 3. The average molecular weight is 631 g/mol. The Labute approximate surface area is 256 Å². The molecule has 0 aromatic carbocycles. The van der Waals surface area contributed by atoms with E-state index in [0.29, 0.717) is 25.3 Å². The fourth-order valence-electron chi connectivity index (χ4n) is 6.57. The zero-order valence-corrected chi connectivity index (χ0v) is 25.2. The molecule has 2 saturated carbocycles. The second-order valence-electron chi connectivity index (χ2n) is 12.6. The number of likely N-dealkylation sites (N-methyl/N-ethyl adjacent to an activating group) is 1. The molecular formula is C27H50N8O9. The summed E-state index contributed by atoms with van der Waals surface area (Å²) in [6.45, 7) is 2.06. The minimum Gasteiger partial charge on any atom is -0.492 e. The number of aliphatic hydroxyl groups excluding tert-OH is 3. The minimum absolute atomic E-state index is 0.0440. The predicted octanol–water partition coefficient (Wildman–Crippen LogP) is -5.77. The van der Waals surface area contributed by atoms with Crippen LogP contribution in [0.3, 0.4) is 0 Å². The zero-order chi connectivity index (χ0) is 32.4. The van der Waals surface area contributed by atoms with E-state index in [1.165, 1.54) is 6.92 Å². The van der Waals surface area contributed by atoms with Crippen LogP contribution in [0.4, 0.5) is 0 Å². The van der Waals surface area contributed by atoms with E-state index < -0.39 is 83.8 Å². The van der Waals surface area contributed by atoms with E-state index in [-0.39, 0.29) is 38.6 Å².